The van der Waals surface area contributed by atoms with Gasteiger partial charge in [0.25, 0.3) is 0 Å². The van der Waals surface area contributed by atoms with Crippen molar-refractivity contribution in [1.29, 1.82) is 5.41 Å². The maximum Gasteiger partial charge on any atom is 0.236 e. The maximum absolute atomic E-state index is 15.4. The first-order chi connectivity index (χ1) is 15.7. The molecule has 1 amide bonds. The van der Waals surface area contributed by atoms with Gasteiger partial charge in [-0.1, -0.05) is 0 Å². The number of fused-ring (bicyclic) bond motifs is 1. The second-order valence-corrected chi connectivity index (χ2v) is 9.47. The average molecular weight is 458 g/mol. The fourth-order valence-corrected chi connectivity index (χ4v) is 5.09. The molecule has 1 saturated carbocycles. The molecule has 2 N–H and O–H groups in total. The van der Waals surface area contributed by atoms with E-state index in [1.807, 2.05) is 6.92 Å². The first-order valence-electron chi connectivity index (χ1n) is 11.1. The predicted octanol–water partition coefficient (Wildman–Crippen LogP) is 2.36. The minimum absolute atomic E-state index is 0.0213. The number of rotatable bonds is 5. The molecule has 9 nitrogen and oxygen atoms in total. The van der Waals surface area contributed by atoms with Crippen LogP contribution in [0.15, 0.2) is 35.9 Å². The summed E-state index contributed by atoms with van der Waals surface area (Å²) < 4.78 is 32.8. The summed E-state index contributed by atoms with van der Waals surface area (Å²) >= 11 is 0. The van der Waals surface area contributed by atoms with Crippen molar-refractivity contribution >= 4 is 11.9 Å². The summed E-state index contributed by atoms with van der Waals surface area (Å²) in [6, 6.07) is 0. The van der Waals surface area contributed by atoms with Crippen LogP contribution in [-0.4, -0.2) is 64.7 Å². The van der Waals surface area contributed by atoms with Gasteiger partial charge in [-0.3, -0.25) is 20.1 Å². The SMILES string of the molecule is COc1cncc(OC2(C)C=CC(F)=C([C@]34CO[C@@H](C5CC5)C[C@H]3C(=O)N(C)C(=N)N4)C2)n1. The number of ether oxygens (including phenoxy) is 3. The topological polar surface area (TPSA) is 110 Å². The van der Waals surface area contributed by atoms with E-state index in [4.69, 9.17) is 19.6 Å². The lowest BCUT2D eigenvalue weighted by Gasteiger charge is -2.53. The van der Waals surface area contributed by atoms with Crippen molar-refractivity contribution in [3.63, 3.8) is 0 Å². The fraction of sp³-hybridized carbons (Fsp3) is 0.565. The quantitative estimate of drug-likeness (QED) is 0.699. The Morgan fingerprint density at radius 2 is 2.09 bits per heavy atom. The van der Waals surface area contributed by atoms with Crippen LogP contribution < -0.4 is 14.8 Å². The van der Waals surface area contributed by atoms with Gasteiger partial charge < -0.3 is 19.5 Å². The van der Waals surface area contributed by atoms with Crippen molar-refractivity contribution in [2.45, 2.75) is 49.9 Å². The average Bonchev–Trinajstić information content (AvgIpc) is 3.65. The third kappa shape index (κ3) is 3.76. The van der Waals surface area contributed by atoms with E-state index in [1.165, 1.54) is 30.5 Å². The second-order valence-electron chi connectivity index (χ2n) is 9.47. The van der Waals surface area contributed by atoms with Crippen molar-refractivity contribution in [3.05, 3.63) is 35.9 Å². The van der Waals surface area contributed by atoms with E-state index in [0.29, 0.717) is 23.8 Å². The van der Waals surface area contributed by atoms with Gasteiger partial charge in [-0.2, -0.15) is 4.98 Å². The Hall–Kier alpha value is -3.01. The van der Waals surface area contributed by atoms with Gasteiger partial charge in [-0.15, -0.1) is 0 Å². The van der Waals surface area contributed by atoms with E-state index in [0.717, 1.165) is 12.8 Å². The molecule has 2 aliphatic carbocycles. The number of hydrogen-bond acceptors (Lipinski definition) is 7. The molecule has 2 aliphatic heterocycles. The van der Waals surface area contributed by atoms with Crippen LogP contribution in [0.1, 0.15) is 32.6 Å². The van der Waals surface area contributed by atoms with Crippen molar-refractivity contribution in [3.8, 4) is 11.8 Å². The molecule has 0 aromatic carbocycles. The number of carbonyl (C=O) groups is 1. The number of guanidine groups is 1. The number of nitrogens with one attached hydrogen (secondary N) is 2. The summed E-state index contributed by atoms with van der Waals surface area (Å²) in [5.41, 5.74) is -1.73. The third-order valence-corrected chi connectivity index (χ3v) is 7.12. The van der Waals surface area contributed by atoms with Gasteiger partial charge in [-0.25, -0.2) is 4.39 Å². The van der Waals surface area contributed by atoms with Crippen LogP contribution in [-0.2, 0) is 9.53 Å². The van der Waals surface area contributed by atoms with Crippen LogP contribution in [0.4, 0.5) is 4.39 Å². The zero-order valence-corrected chi connectivity index (χ0v) is 18.9. The molecule has 1 aromatic heterocycles. The summed E-state index contributed by atoms with van der Waals surface area (Å²) in [4.78, 5) is 22.9. The Labute approximate surface area is 191 Å². The Morgan fingerprint density at radius 3 is 2.82 bits per heavy atom. The number of hydrogen-bond donors (Lipinski definition) is 2. The van der Waals surface area contributed by atoms with E-state index in [9.17, 15) is 4.79 Å². The first-order valence-corrected chi connectivity index (χ1v) is 11.1. The standard InChI is InChI=1S/C23H28FN5O4/c1-22(33-19-11-26-10-18(27-19)31-3)7-6-16(24)15(9-22)23-12-32-17(13-4-5-13)8-14(23)20(30)29(2)21(25)28-23/h6-7,10-11,13-14,17H,4-5,8-9,12H2,1-3H3,(H2,25,28)/t14-,17+,22?,23-/m0/s1. The molecule has 176 valence electrons. The zero-order chi connectivity index (χ0) is 23.4. The lowest BCUT2D eigenvalue weighted by molar-refractivity contribution is -0.146. The smallest absolute Gasteiger partial charge is 0.236 e. The molecule has 1 aromatic rings. The summed E-state index contributed by atoms with van der Waals surface area (Å²) in [7, 11) is 3.06. The van der Waals surface area contributed by atoms with E-state index in [-0.39, 0.29) is 36.9 Å². The maximum atomic E-state index is 15.4. The van der Waals surface area contributed by atoms with Gasteiger partial charge in [0.1, 0.15) is 11.4 Å². The molecule has 4 atom stereocenters. The third-order valence-electron chi connectivity index (χ3n) is 7.12. The molecule has 3 heterocycles. The Morgan fingerprint density at radius 1 is 1.33 bits per heavy atom. The van der Waals surface area contributed by atoms with Gasteiger partial charge in [0.2, 0.25) is 17.7 Å². The molecule has 0 spiro atoms. The number of amides is 1. The van der Waals surface area contributed by atoms with Crippen molar-refractivity contribution in [2.75, 3.05) is 20.8 Å². The highest BCUT2D eigenvalue weighted by Gasteiger charge is 2.58. The van der Waals surface area contributed by atoms with Gasteiger partial charge in [0.05, 0.1) is 43.7 Å². The minimum atomic E-state index is -1.15. The summed E-state index contributed by atoms with van der Waals surface area (Å²) in [5, 5.41) is 11.5. The second kappa shape index (κ2) is 7.79. The molecule has 4 aliphatic rings. The van der Waals surface area contributed by atoms with E-state index >= 15 is 4.39 Å². The Kier molecular flexibility index (Phi) is 5.15. The van der Waals surface area contributed by atoms with Gasteiger partial charge in [0, 0.05) is 13.5 Å². The molecular weight excluding hydrogens is 429 g/mol. The molecule has 5 rings (SSSR count). The van der Waals surface area contributed by atoms with Crippen LogP contribution in [0.5, 0.6) is 11.8 Å². The van der Waals surface area contributed by atoms with Crippen molar-refractivity contribution in [2.24, 2.45) is 11.8 Å². The van der Waals surface area contributed by atoms with E-state index < -0.39 is 22.9 Å². The van der Waals surface area contributed by atoms with Crippen molar-refractivity contribution < 1.29 is 23.4 Å². The molecule has 33 heavy (non-hydrogen) atoms. The fourth-order valence-electron chi connectivity index (χ4n) is 5.09. The molecule has 0 bridgehead atoms. The lowest BCUT2D eigenvalue weighted by atomic mass is 9.67. The number of halogens is 1. The normalized spacial score (nSPS) is 34.1. The van der Waals surface area contributed by atoms with Gasteiger partial charge >= 0.3 is 0 Å². The number of methoxy groups -OCH3 is 1. The highest BCUT2D eigenvalue weighted by molar-refractivity contribution is 6.01. The summed E-state index contributed by atoms with van der Waals surface area (Å²) in [6.07, 6.45) is 8.73. The lowest BCUT2D eigenvalue weighted by Crippen LogP contribution is -2.72. The number of carbonyl (C=O) groups excluding carboxylic acids is 1. The van der Waals surface area contributed by atoms with Crippen LogP contribution >= 0.6 is 0 Å². The zero-order valence-electron chi connectivity index (χ0n) is 18.9. The first kappa shape index (κ1) is 21.8. The highest BCUT2D eigenvalue weighted by atomic mass is 19.1. The molecule has 3 fully saturated rings. The number of aromatic nitrogens is 2. The molecule has 0 radical (unpaired) electrons. The summed E-state index contributed by atoms with van der Waals surface area (Å²) in [6.45, 7) is 1.94. The van der Waals surface area contributed by atoms with Crippen LogP contribution in [0.2, 0.25) is 0 Å². The highest BCUT2D eigenvalue weighted by Crippen LogP contribution is 2.49. The Balaban J connectivity index is 1.48. The van der Waals surface area contributed by atoms with Gasteiger partial charge in [0.15, 0.2) is 5.96 Å². The van der Waals surface area contributed by atoms with Gasteiger partial charge in [-0.05, 0) is 49.8 Å². The Bertz CT molecular complexity index is 1060. The molecule has 2 saturated heterocycles. The number of nitrogens with zero attached hydrogens (tertiary/aromatic N) is 3. The van der Waals surface area contributed by atoms with Crippen LogP contribution in [0.3, 0.4) is 0 Å². The van der Waals surface area contributed by atoms with Crippen molar-refractivity contribution in [1.82, 2.24) is 20.2 Å². The monoisotopic (exact) mass is 457 g/mol. The predicted molar refractivity (Wildman–Crippen MR) is 116 cm³/mol. The molecule has 10 heteroatoms. The van der Waals surface area contributed by atoms with Crippen LogP contribution in [0.25, 0.3) is 0 Å². The number of allylic oxidation sites excluding steroid dienone is 2. The molecular formula is C23H28FN5O4. The molecule has 1 unspecified atom stereocenters. The van der Waals surface area contributed by atoms with Crippen LogP contribution in [0, 0.1) is 17.2 Å². The largest absolute Gasteiger partial charge is 0.480 e. The van der Waals surface area contributed by atoms with E-state index in [1.54, 1.807) is 13.1 Å². The minimum Gasteiger partial charge on any atom is -0.480 e. The summed E-state index contributed by atoms with van der Waals surface area (Å²) in [5.74, 6) is -0.240. The van der Waals surface area contributed by atoms with E-state index in [2.05, 4.69) is 15.3 Å².